The molecule has 0 aliphatic rings. The molecule has 0 heterocycles. The molecule has 1 aromatic carbocycles. The molecule has 0 N–H and O–H groups in total. The van der Waals surface area contributed by atoms with Gasteiger partial charge in [-0.3, -0.25) is 4.79 Å². The first kappa shape index (κ1) is 13.4. The summed E-state index contributed by atoms with van der Waals surface area (Å²) in [5.41, 5.74) is 1.92. The summed E-state index contributed by atoms with van der Waals surface area (Å²) in [4.78, 5) is 12.1. The minimum Gasteiger partial charge on any atom is -0.294 e. The highest BCUT2D eigenvalue weighted by Crippen LogP contribution is 2.23. The zero-order valence-electron chi connectivity index (χ0n) is 10.2. The summed E-state index contributed by atoms with van der Waals surface area (Å²) in [7, 11) is 0. The van der Waals surface area contributed by atoms with Crippen molar-refractivity contribution in [1.29, 1.82) is 0 Å². The number of ketones is 1. The molecule has 0 unspecified atom stereocenters. The summed E-state index contributed by atoms with van der Waals surface area (Å²) in [5, 5.41) is 0. The predicted molar refractivity (Wildman–Crippen MR) is 71.9 cm³/mol. The van der Waals surface area contributed by atoms with Crippen LogP contribution in [0.3, 0.4) is 0 Å². The fraction of sp³-hybridized carbons (Fsp3) is 0.500. The van der Waals surface area contributed by atoms with Crippen molar-refractivity contribution in [3.63, 3.8) is 0 Å². The van der Waals surface area contributed by atoms with E-state index in [2.05, 4.69) is 29.8 Å². The minimum atomic E-state index is 0.271. The van der Waals surface area contributed by atoms with Crippen LogP contribution in [0.5, 0.6) is 0 Å². The van der Waals surface area contributed by atoms with Crippen LogP contribution in [0.25, 0.3) is 0 Å². The van der Waals surface area contributed by atoms with E-state index in [1.165, 1.54) is 0 Å². The average molecular weight is 283 g/mol. The summed E-state index contributed by atoms with van der Waals surface area (Å²) in [6.07, 6.45) is 2.83. The van der Waals surface area contributed by atoms with Crippen molar-refractivity contribution in [3.05, 3.63) is 33.8 Å². The molecule has 16 heavy (non-hydrogen) atoms. The third kappa shape index (κ3) is 3.18. The van der Waals surface area contributed by atoms with E-state index in [9.17, 15) is 4.79 Å². The van der Waals surface area contributed by atoms with E-state index in [1.807, 2.05) is 25.1 Å². The molecule has 0 aliphatic heterocycles. The van der Waals surface area contributed by atoms with Crippen molar-refractivity contribution >= 4 is 21.7 Å². The predicted octanol–water partition coefficient (Wildman–Crippen LogP) is 4.77. The van der Waals surface area contributed by atoms with Gasteiger partial charge in [0.2, 0.25) is 0 Å². The molecular weight excluding hydrogens is 264 g/mol. The van der Waals surface area contributed by atoms with Gasteiger partial charge in [-0.15, -0.1) is 0 Å². The quantitative estimate of drug-likeness (QED) is 0.711. The standard InChI is InChI=1S/C14H19BrO/c1-4-11(5-2)9-14(16)12-7-6-8-13(15)10(12)3/h6-8,11H,4-5,9H2,1-3H3. The van der Waals surface area contributed by atoms with Gasteiger partial charge >= 0.3 is 0 Å². The Balaban J connectivity index is 2.84. The van der Waals surface area contributed by atoms with Crippen LogP contribution in [0.2, 0.25) is 0 Å². The van der Waals surface area contributed by atoms with Gasteiger partial charge in [-0.2, -0.15) is 0 Å². The van der Waals surface area contributed by atoms with E-state index in [0.29, 0.717) is 12.3 Å². The molecule has 0 amide bonds. The maximum Gasteiger partial charge on any atom is 0.163 e. The third-order valence-corrected chi connectivity index (χ3v) is 4.06. The Bertz CT molecular complexity index is 367. The smallest absolute Gasteiger partial charge is 0.163 e. The molecular formula is C14H19BrO. The maximum atomic E-state index is 12.1. The summed E-state index contributed by atoms with van der Waals surface area (Å²) in [6, 6.07) is 5.82. The molecule has 0 bridgehead atoms. The van der Waals surface area contributed by atoms with E-state index in [4.69, 9.17) is 0 Å². The molecule has 0 radical (unpaired) electrons. The Morgan fingerprint density at radius 2 is 1.94 bits per heavy atom. The van der Waals surface area contributed by atoms with Gasteiger partial charge in [0.1, 0.15) is 0 Å². The fourth-order valence-corrected chi connectivity index (χ4v) is 2.23. The van der Waals surface area contributed by atoms with Gasteiger partial charge in [0, 0.05) is 16.5 Å². The number of carbonyl (C=O) groups is 1. The van der Waals surface area contributed by atoms with Crippen LogP contribution < -0.4 is 0 Å². The third-order valence-electron chi connectivity index (χ3n) is 3.20. The minimum absolute atomic E-state index is 0.271. The van der Waals surface area contributed by atoms with Crippen molar-refractivity contribution < 1.29 is 4.79 Å². The molecule has 1 aromatic rings. The number of benzene rings is 1. The molecule has 88 valence electrons. The first-order valence-corrected chi connectivity index (χ1v) is 6.67. The van der Waals surface area contributed by atoms with Crippen LogP contribution in [0.15, 0.2) is 22.7 Å². The molecule has 0 saturated heterocycles. The van der Waals surface area contributed by atoms with Crippen molar-refractivity contribution in [2.24, 2.45) is 5.92 Å². The molecule has 1 nitrogen and oxygen atoms in total. The van der Waals surface area contributed by atoms with Gasteiger partial charge in [-0.25, -0.2) is 0 Å². The molecule has 1 rings (SSSR count). The lowest BCUT2D eigenvalue weighted by Crippen LogP contribution is -2.09. The zero-order chi connectivity index (χ0) is 12.1. The molecule has 0 saturated carbocycles. The van der Waals surface area contributed by atoms with Crippen LogP contribution >= 0.6 is 15.9 Å². The first-order chi connectivity index (χ1) is 7.60. The second kappa shape index (κ2) is 6.19. The van der Waals surface area contributed by atoms with Gasteiger partial charge in [-0.1, -0.05) is 54.8 Å². The van der Waals surface area contributed by atoms with Crippen LogP contribution in [0.4, 0.5) is 0 Å². The largest absolute Gasteiger partial charge is 0.294 e. The van der Waals surface area contributed by atoms with E-state index in [0.717, 1.165) is 28.4 Å². The molecule has 2 heteroatoms. The SMILES string of the molecule is CCC(CC)CC(=O)c1cccc(Br)c1C. The van der Waals surface area contributed by atoms with Crippen molar-refractivity contribution in [3.8, 4) is 0 Å². The van der Waals surface area contributed by atoms with Crippen LogP contribution in [-0.4, -0.2) is 5.78 Å². The molecule has 0 aliphatic carbocycles. The molecule has 0 aromatic heterocycles. The highest BCUT2D eigenvalue weighted by molar-refractivity contribution is 9.10. The Morgan fingerprint density at radius 3 is 2.50 bits per heavy atom. The lowest BCUT2D eigenvalue weighted by atomic mass is 9.92. The van der Waals surface area contributed by atoms with Crippen LogP contribution in [-0.2, 0) is 0 Å². The first-order valence-electron chi connectivity index (χ1n) is 5.88. The fourth-order valence-electron chi connectivity index (χ4n) is 1.86. The van der Waals surface area contributed by atoms with E-state index in [1.54, 1.807) is 0 Å². The van der Waals surface area contributed by atoms with Crippen LogP contribution in [0.1, 0.15) is 49.0 Å². The topological polar surface area (TPSA) is 17.1 Å². The summed E-state index contributed by atoms with van der Waals surface area (Å²) in [5.74, 6) is 0.790. The maximum absolute atomic E-state index is 12.1. The van der Waals surface area contributed by atoms with Crippen molar-refractivity contribution in [2.45, 2.75) is 40.0 Å². The van der Waals surface area contributed by atoms with E-state index in [-0.39, 0.29) is 5.78 Å². The van der Waals surface area contributed by atoms with Crippen LogP contribution in [0, 0.1) is 12.8 Å². The van der Waals surface area contributed by atoms with Crippen molar-refractivity contribution in [2.75, 3.05) is 0 Å². The lowest BCUT2D eigenvalue weighted by molar-refractivity contribution is 0.0958. The number of hydrogen-bond donors (Lipinski definition) is 0. The number of carbonyl (C=O) groups excluding carboxylic acids is 1. The van der Waals surface area contributed by atoms with Gasteiger partial charge in [0.25, 0.3) is 0 Å². The summed E-state index contributed by atoms with van der Waals surface area (Å²) in [6.45, 7) is 6.29. The summed E-state index contributed by atoms with van der Waals surface area (Å²) < 4.78 is 1.02. The lowest BCUT2D eigenvalue weighted by Gasteiger charge is -2.12. The molecule has 0 spiro atoms. The zero-order valence-corrected chi connectivity index (χ0v) is 11.8. The van der Waals surface area contributed by atoms with E-state index < -0.39 is 0 Å². The monoisotopic (exact) mass is 282 g/mol. The Morgan fingerprint density at radius 1 is 1.31 bits per heavy atom. The highest BCUT2D eigenvalue weighted by Gasteiger charge is 2.14. The second-order valence-electron chi connectivity index (χ2n) is 4.22. The number of halogens is 1. The van der Waals surface area contributed by atoms with Gasteiger partial charge in [0.15, 0.2) is 5.78 Å². The number of rotatable bonds is 5. The summed E-state index contributed by atoms with van der Waals surface area (Å²) >= 11 is 3.46. The Hall–Kier alpha value is -0.630. The van der Waals surface area contributed by atoms with E-state index >= 15 is 0 Å². The van der Waals surface area contributed by atoms with Crippen molar-refractivity contribution in [1.82, 2.24) is 0 Å². The van der Waals surface area contributed by atoms with Gasteiger partial charge in [-0.05, 0) is 24.5 Å². The molecule has 0 atom stereocenters. The molecule has 0 fully saturated rings. The number of hydrogen-bond acceptors (Lipinski definition) is 1. The van der Waals surface area contributed by atoms with Gasteiger partial charge < -0.3 is 0 Å². The Kier molecular flexibility index (Phi) is 5.20. The number of Topliss-reactive ketones (excluding diaryl/α,β-unsaturated/α-hetero) is 1. The normalized spacial score (nSPS) is 10.8. The second-order valence-corrected chi connectivity index (χ2v) is 5.08. The van der Waals surface area contributed by atoms with Gasteiger partial charge in [0.05, 0.1) is 0 Å². The average Bonchev–Trinajstić information content (AvgIpc) is 2.29. The highest BCUT2D eigenvalue weighted by atomic mass is 79.9. The Labute approximate surface area is 106 Å².